The maximum absolute atomic E-state index is 11.8. The summed E-state index contributed by atoms with van der Waals surface area (Å²) in [6.45, 7) is 6.73. The molecular formula is C21H34OS. The van der Waals surface area contributed by atoms with Crippen molar-refractivity contribution in [1.82, 2.24) is 0 Å². The molecule has 2 rings (SSSR count). The molecule has 0 aliphatic heterocycles. The first-order valence-corrected chi connectivity index (χ1v) is 10.6. The highest BCUT2D eigenvalue weighted by Gasteiger charge is 2.27. The Labute approximate surface area is 146 Å². The lowest BCUT2D eigenvalue weighted by molar-refractivity contribution is 0.112. The van der Waals surface area contributed by atoms with Crippen LogP contribution in [0.15, 0.2) is 0 Å². The largest absolute Gasteiger partial charge is 0.298 e. The van der Waals surface area contributed by atoms with Crippen molar-refractivity contribution in [2.45, 2.75) is 103 Å². The van der Waals surface area contributed by atoms with Crippen LogP contribution in [0.1, 0.15) is 122 Å². The fraction of sp³-hybridized carbons (Fsp3) is 0.762. The first-order valence-electron chi connectivity index (χ1n) is 9.79. The lowest BCUT2D eigenvalue weighted by atomic mass is 9.90. The minimum Gasteiger partial charge on any atom is -0.298 e. The van der Waals surface area contributed by atoms with Gasteiger partial charge in [-0.15, -0.1) is 11.3 Å². The minimum atomic E-state index is 0.471. The highest BCUT2D eigenvalue weighted by molar-refractivity contribution is 7.12. The monoisotopic (exact) mass is 334 g/mol. The molecule has 1 saturated carbocycles. The summed E-state index contributed by atoms with van der Waals surface area (Å²) in [4.78, 5) is 14.7. The third kappa shape index (κ3) is 4.92. The summed E-state index contributed by atoms with van der Waals surface area (Å²) in [5, 5.41) is 0. The molecule has 0 amide bonds. The first-order chi connectivity index (χ1) is 11.2. The van der Waals surface area contributed by atoms with E-state index in [0.29, 0.717) is 11.8 Å². The van der Waals surface area contributed by atoms with Crippen molar-refractivity contribution < 1.29 is 4.79 Å². The summed E-state index contributed by atoms with van der Waals surface area (Å²) in [5.74, 6) is 1.13. The van der Waals surface area contributed by atoms with Crippen LogP contribution in [0.25, 0.3) is 0 Å². The van der Waals surface area contributed by atoms with E-state index in [1.54, 1.807) is 0 Å². The molecule has 2 heteroatoms. The topological polar surface area (TPSA) is 17.1 Å². The van der Waals surface area contributed by atoms with E-state index in [1.807, 2.05) is 11.3 Å². The fourth-order valence-corrected chi connectivity index (χ4v) is 5.39. The highest BCUT2D eigenvalue weighted by Crippen LogP contribution is 2.44. The van der Waals surface area contributed by atoms with Gasteiger partial charge in [-0.25, -0.2) is 0 Å². The molecule has 1 aliphatic carbocycles. The van der Waals surface area contributed by atoms with E-state index in [9.17, 15) is 4.79 Å². The van der Waals surface area contributed by atoms with Crippen molar-refractivity contribution in [3.05, 3.63) is 20.9 Å². The number of carbonyl (C=O) groups is 1. The van der Waals surface area contributed by atoms with Gasteiger partial charge in [0, 0.05) is 15.3 Å². The van der Waals surface area contributed by atoms with E-state index in [4.69, 9.17) is 0 Å². The first kappa shape index (κ1) is 18.7. The Balaban J connectivity index is 2.08. The van der Waals surface area contributed by atoms with E-state index in [1.165, 1.54) is 85.9 Å². The lowest BCUT2D eigenvalue weighted by Gasteiger charge is -2.13. The Bertz CT molecular complexity index is 480. The zero-order valence-corrected chi connectivity index (χ0v) is 16.1. The molecule has 0 unspecified atom stereocenters. The molecule has 1 aliphatic rings. The Hall–Kier alpha value is -0.630. The summed E-state index contributed by atoms with van der Waals surface area (Å²) in [6, 6.07) is 0. The molecule has 0 saturated heterocycles. The second-order valence-corrected chi connectivity index (χ2v) is 8.63. The van der Waals surface area contributed by atoms with Crippen LogP contribution < -0.4 is 0 Å². The van der Waals surface area contributed by atoms with Crippen molar-refractivity contribution in [3.8, 4) is 0 Å². The van der Waals surface area contributed by atoms with Crippen molar-refractivity contribution in [2.75, 3.05) is 0 Å². The predicted octanol–water partition coefficient (Wildman–Crippen LogP) is 7.24. The van der Waals surface area contributed by atoms with Crippen molar-refractivity contribution >= 4 is 17.6 Å². The second kappa shape index (κ2) is 9.61. The van der Waals surface area contributed by atoms with Gasteiger partial charge in [-0.1, -0.05) is 65.7 Å². The average molecular weight is 335 g/mol. The fourth-order valence-electron chi connectivity index (χ4n) is 3.99. The number of unbranched alkanes of at least 4 members (excludes halogenated alkanes) is 5. The van der Waals surface area contributed by atoms with Crippen LogP contribution in [-0.4, -0.2) is 6.29 Å². The number of aryl methyl sites for hydroxylation is 1. The molecule has 130 valence electrons. The van der Waals surface area contributed by atoms with Gasteiger partial charge in [0.05, 0.1) is 0 Å². The molecule has 0 bridgehead atoms. The van der Waals surface area contributed by atoms with Crippen molar-refractivity contribution in [3.63, 3.8) is 0 Å². The molecule has 1 fully saturated rings. The van der Waals surface area contributed by atoms with Crippen molar-refractivity contribution in [2.24, 2.45) is 0 Å². The number of hydrogen-bond donors (Lipinski definition) is 0. The third-order valence-electron chi connectivity index (χ3n) is 5.25. The minimum absolute atomic E-state index is 0.471. The zero-order valence-electron chi connectivity index (χ0n) is 15.3. The molecule has 0 aromatic carbocycles. The number of carbonyl (C=O) groups excluding carboxylic acids is 1. The zero-order chi connectivity index (χ0) is 16.7. The van der Waals surface area contributed by atoms with Crippen LogP contribution in [0.5, 0.6) is 0 Å². The molecule has 1 nitrogen and oxygen atoms in total. The van der Waals surface area contributed by atoms with Gasteiger partial charge >= 0.3 is 0 Å². The molecule has 1 heterocycles. The van der Waals surface area contributed by atoms with E-state index in [2.05, 4.69) is 20.8 Å². The summed E-state index contributed by atoms with van der Waals surface area (Å²) in [7, 11) is 0. The van der Waals surface area contributed by atoms with Crippen LogP contribution in [0.4, 0.5) is 0 Å². The smallest absolute Gasteiger partial charge is 0.151 e. The maximum atomic E-state index is 11.8. The Morgan fingerprint density at radius 3 is 2.35 bits per heavy atom. The average Bonchev–Trinajstić information content (AvgIpc) is 3.17. The van der Waals surface area contributed by atoms with Gasteiger partial charge in [0.25, 0.3) is 0 Å². The quantitative estimate of drug-likeness (QED) is 0.325. The van der Waals surface area contributed by atoms with Gasteiger partial charge in [0.2, 0.25) is 0 Å². The summed E-state index contributed by atoms with van der Waals surface area (Å²) in [5.41, 5.74) is 2.53. The molecular weight excluding hydrogens is 300 g/mol. The molecule has 23 heavy (non-hydrogen) atoms. The van der Waals surface area contributed by atoms with Crippen LogP contribution in [0.3, 0.4) is 0 Å². The van der Waals surface area contributed by atoms with Gasteiger partial charge in [-0.3, -0.25) is 4.79 Å². The van der Waals surface area contributed by atoms with Gasteiger partial charge in [0.15, 0.2) is 6.29 Å². The van der Waals surface area contributed by atoms with Crippen LogP contribution in [0.2, 0.25) is 0 Å². The molecule has 0 radical (unpaired) electrons. The molecule has 1 aromatic rings. The Morgan fingerprint density at radius 2 is 1.74 bits per heavy atom. The predicted molar refractivity (Wildman–Crippen MR) is 102 cm³/mol. The molecule has 0 atom stereocenters. The van der Waals surface area contributed by atoms with Gasteiger partial charge in [-0.2, -0.15) is 0 Å². The number of hydrogen-bond acceptors (Lipinski definition) is 2. The van der Waals surface area contributed by atoms with Crippen LogP contribution in [-0.2, 0) is 6.42 Å². The third-order valence-corrected chi connectivity index (χ3v) is 6.83. The van der Waals surface area contributed by atoms with E-state index in [-0.39, 0.29) is 0 Å². The van der Waals surface area contributed by atoms with E-state index >= 15 is 0 Å². The number of aldehydes is 1. The lowest BCUT2D eigenvalue weighted by Crippen LogP contribution is -2.01. The normalized spacial score (nSPS) is 15.7. The number of rotatable bonds is 10. The Morgan fingerprint density at radius 1 is 1.09 bits per heavy atom. The maximum Gasteiger partial charge on any atom is 0.151 e. The molecule has 0 spiro atoms. The van der Waals surface area contributed by atoms with Crippen LogP contribution >= 0.6 is 11.3 Å². The SMILES string of the molecule is CCCCCCCCc1sc(C(C)C)c(C=O)c1C1CCCC1. The standard InChI is InChI=1S/C21H34OS/c1-4-5-6-7-8-9-14-19-20(17-12-10-11-13-17)18(15-22)21(23-19)16(2)3/h15-17H,4-14H2,1-3H3. The summed E-state index contributed by atoms with van der Waals surface area (Å²) in [6.07, 6.45) is 15.7. The van der Waals surface area contributed by atoms with Crippen molar-refractivity contribution in [1.29, 1.82) is 0 Å². The summed E-state index contributed by atoms with van der Waals surface area (Å²) >= 11 is 1.94. The molecule has 0 N–H and O–H groups in total. The highest BCUT2D eigenvalue weighted by atomic mass is 32.1. The van der Waals surface area contributed by atoms with Crippen LogP contribution in [0, 0.1) is 0 Å². The van der Waals surface area contributed by atoms with Gasteiger partial charge in [0.1, 0.15) is 0 Å². The summed E-state index contributed by atoms with van der Waals surface area (Å²) < 4.78 is 0. The Kier molecular flexibility index (Phi) is 7.82. The number of thiophene rings is 1. The van der Waals surface area contributed by atoms with Gasteiger partial charge < -0.3 is 0 Å². The molecule has 1 aromatic heterocycles. The van der Waals surface area contributed by atoms with E-state index in [0.717, 1.165) is 11.8 Å². The van der Waals surface area contributed by atoms with E-state index < -0.39 is 0 Å². The second-order valence-electron chi connectivity index (χ2n) is 7.49. The van der Waals surface area contributed by atoms with Gasteiger partial charge in [-0.05, 0) is 43.1 Å².